The molecule has 2 atom stereocenters. The number of nitrogens with zero attached hydrogens (tertiary/aromatic N) is 1. The van der Waals surface area contributed by atoms with Crippen molar-refractivity contribution in [3.05, 3.63) is 0 Å². The Kier molecular flexibility index (Phi) is 4.15. The summed E-state index contributed by atoms with van der Waals surface area (Å²) in [4.78, 5) is 0. The van der Waals surface area contributed by atoms with Crippen LogP contribution in [0.25, 0.3) is 0 Å². The Hall–Kier alpha value is -0.130. The number of hydrogen-bond acceptors (Lipinski definition) is 3. The van der Waals surface area contributed by atoms with Crippen molar-refractivity contribution >= 4 is 10.0 Å². The lowest BCUT2D eigenvalue weighted by molar-refractivity contribution is 0.135. The molecule has 3 aliphatic rings. The van der Waals surface area contributed by atoms with E-state index in [2.05, 4.69) is 5.32 Å². The van der Waals surface area contributed by atoms with Crippen LogP contribution in [0.4, 0.5) is 0 Å². The van der Waals surface area contributed by atoms with Gasteiger partial charge < -0.3 is 5.32 Å². The molecule has 19 heavy (non-hydrogen) atoms. The van der Waals surface area contributed by atoms with Crippen LogP contribution in [0.1, 0.15) is 44.9 Å². The second-order valence-electron chi connectivity index (χ2n) is 6.45. The molecule has 3 rings (SSSR count). The predicted octanol–water partition coefficient (Wildman–Crippen LogP) is 1.58. The Bertz CT molecular complexity index is 404. The molecule has 110 valence electrons. The monoisotopic (exact) mass is 286 g/mol. The highest BCUT2D eigenvalue weighted by Crippen LogP contribution is 2.37. The molecule has 0 bridgehead atoms. The Labute approximate surface area is 117 Å². The van der Waals surface area contributed by atoms with E-state index in [1.165, 1.54) is 25.7 Å². The smallest absolute Gasteiger partial charge is 0.217 e. The normalized spacial score (nSPS) is 34.9. The molecule has 0 amide bonds. The molecular formula is C14H26N2O2S. The molecule has 0 radical (unpaired) electrons. The minimum Gasteiger partial charge on any atom is -0.317 e. The van der Waals surface area contributed by atoms with Gasteiger partial charge in [-0.1, -0.05) is 19.3 Å². The molecule has 2 aliphatic heterocycles. The number of piperidine rings is 2. The summed E-state index contributed by atoms with van der Waals surface area (Å²) in [6.45, 7) is 3.28. The molecule has 1 aliphatic carbocycles. The fourth-order valence-corrected chi connectivity index (χ4v) is 6.11. The van der Waals surface area contributed by atoms with Crippen molar-refractivity contribution in [1.29, 1.82) is 0 Å². The van der Waals surface area contributed by atoms with Crippen LogP contribution in [0.3, 0.4) is 0 Å². The zero-order valence-corrected chi connectivity index (χ0v) is 12.5. The fourth-order valence-electron chi connectivity index (χ4n) is 4.10. The van der Waals surface area contributed by atoms with E-state index in [4.69, 9.17) is 0 Å². The molecule has 2 heterocycles. The van der Waals surface area contributed by atoms with E-state index < -0.39 is 10.0 Å². The first-order chi connectivity index (χ1) is 9.18. The van der Waals surface area contributed by atoms with Crippen LogP contribution in [0, 0.1) is 11.8 Å². The SMILES string of the molecule is O=S(=O)(C1CCNCC1)N1CCC2CCCCC2C1. The highest BCUT2D eigenvalue weighted by atomic mass is 32.2. The van der Waals surface area contributed by atoms with Crippen LogP contribution in [-0.4, -0.2) is 44.2 Å². The third kappa shape index (κ3) is 2.83. The number of nitrogens with one attached hydrogen (secondary N) is 1. The van der Waals surface area contributed by atoms with Gasteiger partial charge in [0.1, 0.15) is 0 Å². The first-order valence-corrected chi connectivity index (χ1v) is 9.38. The highest BCUT2D eigenvalue weighted by Gasteiger charge is 2.39. The van der Waals surface area contributed by atoms with Crippen molar-refractivity contribution in [2.45, 2.75) is 50.2 Å². The van der Waals surface area contributed by atoms with E-state index in [9.17, 15) is 8.42 Å². The first kappa shape index (κ1) is 13.8. The van der Waals surface area contributed by atoms with Crippen molar-refractivity contribution in [2.24, 2.45) is 11.8 Å². The third-order valence-electron chi connectivity index (χ3n) is 5.32. The van der Waals surface area contributed by atoms with E-state index in [0.717, 1.165) is 51.4 Å². The summed E-state index contributed by atoms with van der Waals surface area (Å²) in [5, 5.41) is 3.12. The van der Waals surface area contributed by atoms with Crippen molar-refractivity contribution < 1.29 is 8.42 Å². The lowest BCUT2D eigenvalue weighted by Gasteiger charge is -2.42. The van der Waals surface area contributed by atoms with Gasteiger partial charge in [0, 0.05) is 13.1 Å². The van der Waals surface area contributed by atoms with Crippen LogP contribution in [-0.2, 0) is 10.0 Å². The van der Waals surface area contributed by atoms with Gasteiger partial charge in [0.2, 0.25) is 10.0 Å². The maximum absolute atomic E-state index is 12.7. The molecule has 3 fully saturated rings. The minimum atomic E-state index is -3.04. The van der Waals surface area contributed by atoms with Crippen LogP contribution in [0.2, 0.25) is 0 Å². The number of rotatable bonds is 2. The standard InChI is InChI=1S/C14H26N2O2S/c17-19(18,14-5-8-15-9-6-14)16-10-7-12-3-1-2-4-13(12)11-16/h12-15H,1-11H2. The summed E-state index contributed by atoms with van der Waals surface area (Å²) < 4.78 is 27.3. The number of fused-ring (bicyclic) bond motifs is 1. The molecule has 2 unspecified atom stereocenters. The van der Waals surface area contributed by atoms with Gasteiger partial charge in [-0.2, -0.15) is 0 Å². The highest BCUT2D eigenvalue weighted by molar-refractivity contribution is 7.89. The van der Waals surface area contributed by atoms with Gasteiger partial charge in [0.25, 0.3) is 0 Å². The van der Waals surface area contributed by atoms with Crippen molar-refractivity contribution in [1.82, 2.24) is 9.62 Å². The zero-order chi connectivity index (χ0) is 13.3. The van der Waals surface area contributed by atoms with Crippen LogP contribution < -0.4 is 5.32 Å². The van der Waals surface area contributed by atoms with Gasteiger partial charge in [0.15, 0.2) is 0 Å². The average molecular weight is 286 g/mol. The van der Waals surface area contributed by atoms with Gasteiger partial charge >= 0.3 is 0 Å². The number of sulfonamides is 1. The molecule has 0 aromatic carbocycles. The quantitative estimate of drug-likeness (QED) is 0.838. The van der Waals surface area contributed by atoms with E-state index in [-0.39, 0.29) is 5.25 Å². The molecule has 0 aromatic rings. The van der Waals surface area contributed by atoms with Gasteiger partial charge in [-0.15, -0.1) is 0 Å². The van der Waals surface area contributed by atoms with Gasteiger partial charge in [-0.25, -0.2) is 12.7 Å². The second kappa shape index (κ2) is 5.70. The van der Waals surface area contributed by atoms with Crippen LogP contribution in [0.5, 0.6) is 0 Å². The molecule has 4 nitrogen and oxygen atoms in total. The van der Waals surface area contributed by atoms with E-state index >= 15 is 0 Å². The Balaban J connectivity index is 1.67. The summed E-state index contributed by atoms with van der Waals surface area (Å²) in [5.41, 5.74) is 0. The van der Waals surface area contributed by atoms with Crippen LogP contribution in [0.15, 0.2) is 0 Å². The average Bonchev–Trinajstić information content (AvgIpc) is 2.47. The molecular weight excluding hydrogens is 260 g/mol. The number of hydrogen-bond donors (Lipinski definition) is 1. The topological polar surface area (TPSA) is 49.4 Å². The molecule has 5 heteroatoms. The van der Waals surface area contributed by atoms with E-state index in [1.54, 1.807) is 0 Å². The lowest BCUT2D eigenvalue weighted by Crippen LogP contribution is -2.49. The maximum atomic E-state index is 12.7. The summed E-state index contributed by atoms with van der Waals surface area (Å²) in [7, 11) is -3.04. The third-order valence-corrected chi connectivity index (χ3v) is 7.69. The van der Waals surface area contributed by atoms with Crippen LogP contribution >= 0.6 is 0 Å². The van der Waals surface area contributed by atoms with Crippen molar-refractivity contribution in [3.8, 4) is 0 Å². The Morgan fingerprint density at radius 3 is 2.32 bits per heavy atom. The minimum absolute atomic E-state index is 0.131. The van der Waals surface area contributed by atoms with Gasteiger partial charge in [-0.3, -0.25) is 0 Å². The zero-order valence-electron chi connectivity index (χ0n) is 11.7. The summed E-state index contributed by atoms with van der Waals surface area (Å²) in [6, 6.07) is 0. The van der Waals surface area contributed by atoms with E-state index in [0.29, 0.717) is 5.92 Å². The predicted molar refractivity (Wildman–Crippen MR) is 76.4 cm³/mol. The lowest BCUT2D eigenvalue weighted by atomic mass is 9.76. The largest absolute Gasteiger partial charge is 0.317 e. The van der Waals surface area contributed by atoms with Crippen molar-refractivity contribution in [3.63, 3.8) is 0 Å². The molecule has 1 N–H and O–H groups in total. The molecule has 2 saturated heterocycles. The van der Waals surface area contributed by atoms with Crippen molar-refractivity contribution in [2.75, 3.05) is 26.2 Å². The van der Waals surface area contributed by atoms with Gasteiger partial charge in [-0.05, 0) is 50.6 Å². The van der Waals surface area contributed by atoms with Gasteiger partial charge in [0.05, 0.1) is 5.25 Å². The summed E-state index contributed by atoms with van der Waals surface area (Å²) in [6.07, 6.45) is 7.87. The summed E-state index contributed by atoms with van der Waals surface area (Å²) in [5.74, 6) is 1.44. The molecule has 1 saturated carbocycles. The first-order valence-electron chi connectivity index (χ1n) is 7.87. The second-order valence-corrected chi connectivity index (χ2v) is 8.66. The van der Waals surface area contributed by atoms with E-state index in [1.807, 2.05) is 4.31 Å². The Morgan fingerprint density at radius 1 is 0.895 bits per heavy atom. The summed E-state index contributed by atoms with van der Waals surface area (Å²) >= 11 is 0. The Morgan fingerprint density at radius 2 is 1.58 bits per heavy atom. The molecule has 0 spiro atoms. The molecule has 0 aromatic heterocycles. The fraction of sp³-hybridized carbons (Fsp3) is 1.00. The maximum Gasteiger partial charge on any atom is 0.217 e.